The Hall–Kier alpha value is -3.40. The number of anilines is 2. The Labute approximate surface area is 217 Å². The predicted octanol–water partition coefficient (Wildman–Crippen LogP) is 2.73. The number of nitrogen functional groups attached to an aromatic ring is 1. The molecule has 3 fully saturated rings. The Kier molecular flexibility index (Phi) is 6.14. The lowest BCUT2D eigenvalue weighted by atomic mass is 9.72. The maximum Gasteiger partial charge on any atom is 0.222 e. The van der Waals surface area contributed by atoms with Crippen molar-refractivity contribution >= 4 is 28.7 Å². The Balaban J connectivity index is 1.16. The molecule has 0 atom stereocenters. The maximum absolute atomic E-state index is 11.6. The molecular formula is C27H36N8O2. The van der Waals surface area contributed by atoms with Crippen LogP contribution in [0.5, 0.6) is 5.75 Å². The van der Waals surface area contributed by atoms with Crippen LogP contribution in [0, 0.1) is 11.3 Å². The van der Waals surface area contributed by atoms with Crippen LogP contribution in [-0.4, -0.2) is 75.3 Å². The van der Waals surface area contributed by atoms with Gasteiger partial charge in [0.25, 0.3) is 0 Å². The highest BCUT2D eigenvalue weighted by molar-refractivity contribution is 5.86. The summed E-state index contributed by atoms with van der Waals surface area (Å²) in [5.74, 6) is 2.68. The van der Waals surface area contributed by atoms with Gasteiger partial charge in [-0.25, -0.2) is 4.98 Å². The van der Waals surface area contributed by atoms with Gasteiger partial charge in [0, 0.05) is 51.8 Å². The number of aromatic nitrogens is 4. The van der Waals surface area contributed by atoms with Crippen LogP contribution < -0.4 is 15.8 Å². The van der Waals surface area contributed by atoms with E-state index in [0.717, 1.165) is 67.4 Å². The molecule has 2 saturated carbocycles. The zero-order valence-corrected chi connectivity index (χ0v) is 21.7. The third-order valence-corrected chi connectivity index (χ3v) is 8.36. The molecule has 1 aromatic carbocycles. The van der Waals surface area contributed by atoms with Crippen LogP contribution in [0.2, 0.25) is 0 Å². The number of methoxy groups -OCH3 is 1. The largest absolute Gasteiger partial charge is 0.496 e. The van der Waals surface area contributed by atoms with E-state index in [1.807, 2.05) is 9.58 Å². The Morgan fingerprint density at radius 1 is 1.16 bits per heavy atom. The molecule has 1 saturated heterocycles. The van der Waals surface area contributed by atoms with E-state index < -0.39 is 0 Å². The summed E-state index contributed by atoms with van der Waals surface area (Å²) in [4.78, 5) is 24.8. The van der Waals surface area contributed by atoms with Crippen LogP contribution in [0.3, 0.4) is 0 Å². The number of ether oxygens (including phenoxy) is 1. The molecule has 3 aromatic rings. The molecule has 0 radical (unpaired) electrons. The minimum Gasteiger partial charge on any atom is -0.496 e. The Morgan fingerprint density at radius 3 is 2.65 bits per heavy atom. The van der Waals surface area contributed by atoms with Crippen molar-refractivity contribution in [3.05, 3.63) is 35.5 Å². The van der Waals surface area contributed by atoms with E-state index in [0.29, 0.717) is 17.9 Å². The molecule has 196 valence electrons. The zero-order chi connectivity index (χ0) is 25.6. The second-order valence-electron chi connectivity index (χ2n) is 11.1. The van der Waals surface area contributed by atoms with E-state index in [-0.39, 0.29) is 11.9 Å². The molecule has 3 aliphatic rings. The molecule has 2 aromatic heterocycles. The van der Waals surface area contributed by atoms with E-state index in [9.17, 15) is 4.79 Å². The average molecular weight is 505 g/mol. The normalized spacial score (nSPS) is 19.2. The summed E-state index contributed by atoms with van der Waals surface area (Å²) >= 11 is 0. The first kappa shape index (κ1) is 24.0. The lowest BCUT2D eigenvalue weighted by molar-refractivity contribution is -0.130. The van der Waals surface area contributed by atoms with Crippen molar-refractivity contribution in [2.45, 2.75) is 45.7 Å². The van der Waals surface area contributed by atoms with Crippen LogP contribution in [0.15, 0.2) is 24.4 Å². The molecule has 0 unspecified atom stereocenters. The first-order chi connectivity index (χ1) is 17.9. The third kappa shape index (κ3) is 4.94. The van der Waals surface area contributed by atoms with E-state index >= 15 is 0 Å². The van der Waals surface area contributed by atoms with Crippen molar-refractivity contribution < 1.29 is 9.53 Å². The number of fused-ring (bicyclic) bond motifs is 1. The molecule has 1 aliphatic heterocycles. The Morgan fingerprint density at radius 2 is 1.95 bits per heavy atom. The van der Waals surface area contributed by atoms with Gasteiger partial charge in [-0.2, -0.15) is 10.1 Å². The maximum atomic E-state index is 11.6. The van der Waals surface area contributed by atoms with Gasteiger partial charge in [0.15, 0.2) is 5.82 Å². The summed E-state index contributed by atoms with van der Waals surface area (Å²) in [7, 11) is 1.71. The summed E-state index contributed by atoms with van der Waals surface area (Å²) < 4.78 is 7.71. The first-order valence-electron chi connectivity index (χ1n) is 13.3. The van der Waals surface area contributed by atoms with Crippen LogP contribution in [-0.2, 0) is 17.9 Å². The minimum absolute atomic E-state index is 0.151. The lowest BCUT2D eigenvalue weighted by Crippen LogP contribution is -2.47. The number of nitrogens with two attached hydrogens (primary N) is 1. The molecule has 10 heteroatoms. The lowest BCUT2D eigenvalue weighted by Gasteiger charge is -2.36. The van der Waals surface area contributed by atoms with Gasteiger partial charge in [-0.1, -0.05) is 12.1 Å². The quantitative estimate of drug-likeness (QED) is 0.481. The zero-order valence-electron chi connectivity index (χ0n) is 21.7. The van der Waals surface area contributed by atoms with Gasteiger partial charge in [0.05, 0.1) is 19.9 Å². The highest BCUT2D eigenvalue weighted by Crippen LogP contribution is 2.63. The van der Waals surface area contributed by atoms with Gasteiger partial charge >= 0.3 is 0 Å². The van der Waals surface area contributed by atoms with Gasteiger partial charge < -0.3 is 20.7 Å². The van der Waals surface area contributed by atoms with Crippen molar-refractivity contribution in [2.24, 2.45) is 11.3 Å². The van der Waals surface area contributed by atoms with E-state index in [2.05, 4.69) is 43.5 Å². The number of hydrogen-bond acceptors (Lipinski definition) is 8. The molecule has 3 N–H and O–H groups in total. The number of benzene rings is 1. The van der Waals surface area contributed by atoms with E-state index in [4.69, 9.17) is 10.5 Å². The van der Waals surface area contributed by atoms with Gasteiger partial charge in [-0.3, -0.25) is 14.4 Å². The molecule has 3 heterocycles. The van der Waals surface area contributed by atoms with Crippen molar-refractivity contribution in [1.29, 1.82) is 0 Å². The van der Waals surface area contributed by atoms with Crippen LogP contribution in [0.4, 0.5) is 11.8 Å². The highest BCUT2D eigenvalue weighted by atomic mass is 16.5. The summed E-state index contributed by atoms with van der Waals surface area (Å²) in [6.07, 6.45) is 7.19. The smallest absolute Gasteiger partial charge is 0.222 e. The monoisotopic (exact) mass is 504 g/mol. The number of rotatable bonds is 8. The summed E-state index contributed by atoms with van der Waals surface area (Å²) in [5.41, 5.74) is 10.5. The molecule has 10 nitrogen and oxygen atoms in total. The van der Waals surface area contributed by atoms with Crippen LogP contribution in [0.1, 0.15) is 43.7 Å². The number of nitrogens with zero attached hydrogens (tertiary/aromatic N) is 6. The van der Waals surface area contributed by atoms with Gasteiger partial charge in [0.2, 0.25) is 11.9 Å². The number of carbonyl (C=O) groups is 1. The number of hydrogen-bond donors (Lipinski definition) is 2. The minimum atomic E-state index is 0.151. The molecule has 0 bridgehead atoms. The number of carbonyl (C=O) groups excluding carboxylic acids is 1. The van der Waals surface area contributed by atoms with E-state index in [1.54, 1.807) is 20.2 Å². The third-order valence-electron chi connectivity index (χ3n) is 8.36. The fraction of sp³-hybridized carbons (Fsp3) is 0.556. The van der Waals surface area contributed by atoms with Crippen LogP contribution >= 0.6 is 0 Å². The topological polar surface area (TPSA) is 114 Å². The highest BCUT2D eigenvalue weighted by Gasteiger charge is 2.52. The molecule has 1 amide bonds. The summed E-state index contributed by atoms with van der Waals surface area (Å²) in [6, 6.07) is 6.37. The van der Waals surface area contributed by atoms with Crippen LogP contribution in [0.25, 0.3) is 11.0 Å². The van der Waals surface area contributed by atoms with Gasteiger partial charge in [-0.15, -0.1) is 0 Å². The van der Waals surface area contributed by atoms with Crippen molar-refractivity contribution in [2.75, 3.05) is 50.9 Å². The Bertz CT molecular complexity index is 1300. The second kappa shape index (κ2) is 9.48. The fourth-order valence-electron chi connectivity index (χ4n) is 6.05. The first-order valence-corrected chi connectivity index (χ1v) is 13.3. The number of amides is 1. The SMILES string of the molecule is COc1cc(CN2CCN(C(C)=O)CC2)ccc1Cn1ncc2nc(N)nc(NCC3CC4(CC4)C3)c21. The predicted molar refractivity (Wildman–Crippen MR) is 142 cm³/mol. The number of piperazine rings is 1. The molecule has 37 heavy (non-hydrogen) atoms. The van der Waals surface area contributed by atoms with Crippen molar-refractivity contribution in [3.8, 4) is 5.75 Å². The molecule has 2 aliphatic carbocycles. The second-order valence-corrected chi connectivity index (χ2v) is 11.1. The standard InChI is InChI=1S/C27H36N8O2/c1-18(36)34-9-7-33(8-10-34)16-19-3-4-21(23(11-19)37-2)17-35-24-22(15-30-35)31-26(28)32-25(24)29-14-20-12-27(13-20)5-6-27/h3-4,11,15,20H,5-10,12-14,16-17H2,1-2H3,(H3,28,29,31,32). The van der Waals surface area contributed by atoms with Gasteiger partial charge in [-0.05, 0) is 48.6 Å². The number of nitrogens with one attached hydrogen (secondary N) is 1. The molecular weight excluding hydrogens is 468 g/mol. The fourth-order valence-corrected chi connectivity index (χ4v) is 6.05. The average Bonchev–Trinajstić information content (AvgIpc) is 3.57. The van der Waals surface area contributed by atoms with Crippen molar-refractivity contribution in [3.63, 3.8) is 0 Å². The van der Waals surface area contributed by atoms with Gasteiger partial charge in [0.1, 0.15) is 16.8 Å². The van der Waals surface area contributed by atoms with E-state index in [1.165, 1.54) is 31.2 Å². The summed E-state index contributed by atoms with van der Waals surface area (Å²) in [5, 5.41) is 8.17. The summed E-state index contributed by atoms with van der Waals surface area (Å²) in [6.45, 7) is 7.22. The molecule has 6 rings (SSSR count). The van der Waals surface area contributed by atoms with Crippen molar-refractivity contribution in [1.82, 2.24) is 29.5 Å². The molecule has 1 spiro atoms.